The van der Waals surface area contributed by atoms with Crippen LogP contribution in [0.15, 0.2) is 36.0 Å². The van der Waals surface area contributed by atoms with E-state index in [9.17, 15) is 4.79 Å². The van der Waals surface area contributed by atoms with Gasteiger partial charge in [-0.15, -0.1) is 11.3 Å². The number of ether oxygens (including phenoxy) is 1. The van der Waals surface area contributed by atoms with Gasteiger partial charge in [0.25, 0.3) is 0 Å². The van der Waals surface area contributed by atoms with E-state index >= 15 is 0 Å². The van der Waals surface area contributed by atoms with Crippen LogP contribution in [-0.4, -0.2) is 35.5 Å². The van der Waals surface area contributed by atoms with Gasteiger partial charge in [-0.3, -0.25) is 14.7 Å². The molecule has 2 aliphatic rings. The van der Waals surface area contributed by atoms with Crippen LogP contribution in [0.3, 0.4) is 0 Å². The number of hydrogen-bond acceptors (Lipinski definition) is 5. The van der Waals surface area contributed by atoms with Gasteiger partial charge < -0.3 is 10.1 Å². The first-order valence-corrected chi connectivity index (χ1v) is 8.76. The number of hydrogen-bond donors (Lipinski definition) is 1. The summed E-state index contributed by atoms with van der Waals surface area (Å²) >= 11 is 1.68. The summed E-state index contributed by atoms with van der Waals surface area (Å²) in [6.45, 7) is 3.20. The first kappa shape index (κ1) is 14.7. The molecule has 0 unspecified atom stereocenters. The van der Waals surface area contributed by atoms with Gasteiger partial charge in [0.05, 0.1) is 16.6 Å². The lowest BCUT2D eigenvalue weighted by Gasteiger charge is -2.38. The van der Waals surface area contributed by atoms with E-state index in [2.05, 4.69) is 15.2 Å². The highest BCUT2D eigenvalue weighted by atomic mass is 32.1. The smallest absolute Gasteiger partial charge is 0.234 e. The molecule has 2 aliphatic heterocycles. The summed E-state index contributed by atoms with van der Waals surface area (Å²) in [4.78, 5) is 20.6. The van der Waals surface area contributed by atoms with Crippen LogP contribution in [0.25, 0.3) is 0 Å². The molecule has 0 bridgehead atoms. The lowest BCUT2D eigenvalue weighted by molar-refractivity contribution is -0.130. The first-order valence-electron chi connectivity index (χ1n) is 7.88. The highest BCUT2D eigenvalue weighted by Gasteiger charge is 2.44. The molecule has 0 saturated carbocycles. The summed E-state index contributed by atoms with van der Waals surface area (Å²) in [5, 5.41) is 3.05. The number of benzene rings is 1. The molecule has 1 amide bonds. The van der Waals surface area contributed by atoms with Crippen molar-refractivity contribution in [3.8, 4) is 5.75 Å². The molecule has 4 rings (SSSR count). The number of piperidine rings is 1. The number of thiazole rings is 1. The number of likely N-dealkylation sites (tertiary alicyclic amines) is 1. The monoisotopic (exact) mass is 329 g/mol. The van der Waals surface area contributed by atoms with Crippen LogP contribution >= 0.6 is 11.3 Å². The van der Waals surface area contributed by atoms with Crippen molar-refractivity contribution in [1.82, 2.24) is 9.88 Å². The lowest BCUT2D eigenvalue weighted by atomic mass is 9.78. The van der Waals surface area contributed by atoms with Gasteiger partial charge in [0, 0.05) is 17.6 Å². The number of para-hydroxylation sites is 2. The molecule has 0 atom stereocenters. The van der Waals surface area contributed by atoms with E-state index in [-0.39, 0.29) is 5.91 Å². The predicted molar refractivity (Wildman–Crippen MR) is 89.6 cm³/mol. The fourth-order valence-corrected chi connectivity index (χ4v) is 3.92. The van der Waals surface area contributed by atoms with Crippen molar-refractivity contribution in [2.45, 2.75) is 19.4 Å². The van der Waals surface area contributed by atoms with Gasteiger partial charge in [0.15, 0.2) is 0 Å². The average molecular weight is 329 g/mol. The van der Waals surface area contributed by atoms with Gasteiger partial charge >= 0.3 is 0 Å². The standard InChI is InChI=1S/C17H19N3O2S/c21-16-17(11-22-15-4-2-1-3-14(15)19-16)5-7-20(8-6-17)10-13-9-18-12-23-13/h1-4,9,12H,5-8,10-11H2,(H,19,21). The minimum absolute atomic E-state index is 0.0971. The summed E-state index contributed by atoms with van der Waals surface area (Å²) in [6.07, 6.45) is 3.57. The summed E-state index contributed by atoms with van der Waals surface area (Å²) in [5.74, 6) is 0.865. The quantitative estimate of drug-likeness (QED) is 0.920. The molecule has 1 fully saturated rings. The average Bonchev–Trinajstić information content (AvgIpc) is 3.04. The highest BCUT2D eigenvalue weighted by molar-refractivity contribution is 7.09. The number of carbonyl (C=O) groups is 1. The SMILES string of the molecule is O=C1Nc2ccccc2OCC12CCN(Cc1cncs1)CC2. The molecule has 5 nitrogen and oxygen atoms in total. The minimum Gasteiger partial charge on any atom is -0.490 e. The van der Waals surface area contributed by atoms with Crippen LogP contribution in [0.4, 0.5) is 5.69 Å². The van der Waals surface area contributed by atoms with E-state index in [1.165, 1.54) is 4.88 Å². The molecule has 120 valence electrons. The molecule has 1 N–H and O–H groups in total. The summed E-state index contributed by atoms with van der Waals surface area (Å²) < 4.78 is 5.94. The Hall–Kier alpha value is -1.92. The second kappa shape index (κ2) is 5.94. The van der Waals surface area contributed by atoms with Crippen LogP contribution in [0.2, 0.25) is 0 Å². The van der Waals surface area contributed by atoms with Crippen LogP contribution in [0.1, 0.15) is 17.7 Å². The maximum Gasteiger partial charge on any atom is 0.234 e. The van der Waals surface area contributed by atoms with E-state index in [0.717, 1.165) is 43.9 Å². The van der Waals surface area contributed by atoms with E-state index < -0.39 is 5.41 Å². The number of fused-ring (bicyclic) bond motifs is 1. The molecule has 1 aromatic carbocycles. The molecule has 6 heteroatoms. The molecule has 2 aromatic rings. The predicted octanol–water partition coefficient (Wildman–Crippen LogP) is 2.76. The maximum atomic E-state index is 12.8. The summed E-state index contributed by atoms with van der Waals surface area (Å²) in [7, 11) is 0. The Morgan fingerprint density at radius 1 is 1.30 bits per heavy atom. The van der Waals surface area contributed by atoms with Crippen LogP contribution in [0.5, 0.6) is 5.75 Å². The zero-order valence-electron chi connectivity index (χ0n) is 12.8. The molecule has 1 aromatic heterocycles. The molecule has 23 heavy (non-hydrogen) atoms. The first-order chi connectivity index (χ1) is 11.3. The van der Waals surface area contributed by atoms with Gasteiger partial charge in [-0.1, -0.05) is 12.1 Å². The molecular formula is C17H19N3O2S. The number of nitrogens with zero attached hydrogens (tertiary/aromatic N) is 2. The molecule has 1 spiro atoms. The number of rotatable bonds is 2. The fraction of sp³-hybridized carbons (Fsp3) is 0.412. The van der Waals surface area contributed by atoms with E-state index in [4.69, 9.17) is 4.74 Å². The molecule has 1 saturated heterocycles. The Labute approximate surface area is 139 Å². The van der Waals surface area contributed by atoms with E-state index in [0.29, 0.717) is 6.61 Å². The second-order valence-electron chi connectivity index (χ2n) is 6.26. The van der Waals surface area contributed by atoms with Gasteiger partial charge in [0.2, 0.25) is 5.91 Å². The molecule has 3 heterocycles. The maximum absolute atomic E-state index is 12.8. The highest BCUT2D eigenvalue weighted by Crippen LogP contribution is 2.38. The van der Waals surface area contributed by atoms with Crippen LogP contribution in [-0.2, 0) is 11.3 Å². The van der Waals surface area contributed by atoms with Crippen LogP contribution in [0, 0.1) is 5.41 Å². The third-order valence-corrected chi connectivity index (χ3v) is 5.56. The topological polar surface area (TPSA) is 54.5 Å². The van der Waals surface area contributed by atoms with Gasteiger partial charge in [-0.05, 0) is 38.1 Å². The Morgan fingerprint density at radius 2 is 2.13 bits per heavy atom. The normalized spacial score (nSPS) is 20.4. The van der Waals surface area contributed by atoms with Crippen molar-refractivity contribution in [3.05, 3.63) is 40.8 Å². The minimum atomic E-state index is -0.413. The molecular weight excluding hydrogens is 310 g/mol. The van der Waals surface area contributed by atoms with Crippen molar-refractivity contribution in [3.63, 3.8) is 0 Å². The Morgan fingerprint density at radius 3 is 2.91 bits per heavy atom. The molecule has 0 radical (unpaired) electrons. The van der Waals surface area contributed by atoms with Crippen molar-refractivity contribution in [1.29, 1.82) is 0 Å². The number of aromatic nitrogens is 1. The zero-order valence-corrected chi connectivity index (χ0v) is 13.6. The van der Waals surface area contributed by atoms with Gasteiger partial charge in [-0.2, -0.15) is 0 Å². The van der Waals surface area contributed by atoms with Crippen molar-refractivity contribution >= 4 is 22.9 Å². The van der Waals surface area contributed by atoms with Crippen LogP contribution < -0.4 is 10.1 Å². The number of nitrogens with one attached hydrogen (secondary N) is 1. The Kier molecular flexibility index (Phi) is 3.79. The Balaban J connectivity index is 1.45. The Bertz CT molecular complexity index is 694. The summed E-state index contributed by atoms with van der Waals surface area (Å²) in [6, 6.07) is 7.65. The second-order valence-corrected chi connectivity index (χ2v) is 7.23. The van der Waals surface area contributed by atoms with E-state index in [1.54, 1.807) is 11.3 Å². The zero-order chi connectivity index (χ0) is 15.7. The molecule has 0 aliphatic carbocycles. The lowest BCUT2D eigenvalue weighted by Crippen LogP contribution is -2.48. The summed E-state index contributed by atoms with van der Waals surface area (Å²) in [5.41, 5.74) is 2.23. The third kappa shape index (κ3) is 2.84. The van der Waals surface area contributed by atoms with Crippen molar-refractivity contribution in [2.24, 2.45) is 5.41 Å². The number of anilines is 1. The van der Waals surface area contributed by atoms with Crippen molar-refractivity contribution in [2.75, 3.05) is 25.0 Å². The van der Waals surface area contributed by atoms with Gasteiger partial charge in [0.1, 0.15) is 12.4 Å². The van der Waals surface area contributed by atoms with E-state index in [1.807, 2.05) is 36.0 Å². The number of amides is 1. The fourth-order valence-electron chi connectivity index (χ4n) is 3.28. The van der Waals surface area contributed by atoms with Crippen molar-refractivity contribution < 1.29 is 9.53 Å². The largest absolute Gasteiger partial charge is 0.490 e. The van der Waals surface area contributed by atoms with Gasteiger partial charge in [-0.25, -0.2) is 0 Å². The number of carbonyl (C=O) groups excluding carboxylic acids is 1. The third-order valence-electron chi connectivity index (χ3n) is 4.80.